The summed E-state index contributed by atoms with van der Waals surface area (Å²) in [5.41, 5.74) is 2.40. The van der Waals surface area contributed by atoms with Gasteiger partial charge in [-0.2, -0.15) is 0 Å². The summed E-state index contributed by atoms with van der Waals surface area (Å²) in [5.74, 6) is -0.601. The average Bonchev–Trinajstić information content (AvgIpc) is 3.19. The van der Waals surface area contributed by atoms with Crippen LogP contribution in [-0.4, -0.2) is 40.9 Å². The number of imidazole rings is 2. The molecule has 12 heteroatoms. The number of rotatable bonds is 2. The van der Waals surface area contributed by atoms with Crippen molar-refractivity contribution in [3.8, 4) is 0 Å². The summed E-state index contributed by atoms with van der Waals surface area (Å²) in [4.78, 5) is 13.7. The molecule has 0 unspecified atom stereocenters. The van der Waals surface area contributed by atoms with Gasteiger partial charge < -0.3 is 9.97 Å². The van der Waals surface area contributed by atoms with Gasteiger partial charge in [-0.15, -0.1) is 0 Å². The molecule has 4 rings (SSSR count). The Labute approximate surface area is 190 Å². The smallest absolute Gasteiger partial charge is 0.225 e. The van der Waals surface area contributed by atoms with Crippen molar-refractivity contribution in [3.63, 3.8) is 0 Å². The van der Waals surface area contributed by atoms with Crippen molar-refractivity contribution < 1.29 is 17.2 Å². The molecule has 0 atom stereocenters. The van der Waals surface area contributed by atoms with Crippen LogP contribution in [0.1, 0.15) is 0 Å². The Bertz CT molecular complexity index is 1210. The van der Waals surface area contributed by atoms with Crippen LogP contribution in [0.25, 0.3) is 22.1 Å². The Balaban J connectivity index is 0.000000162. The van der Waals surface area contributed by atoms with E-state index in [0.717, 1.165) is 22.4 Å². The lowest BCUT2D eigenvalue weighted by Crippen LogP contribution is -1.98. The molecule has 0 aliphatic carbocycles. The Morgan fingerprint density at radius 3 is 1.93 bits per heavy atom. The zero-order valence-corrected chi connectivity index (χ0v) is 20.3. The van der Waals surface area contributed by atoms with Crippen molar-refractivity contribution in [2.75, 3.05) is 12.5 Å². The molecule has 0 aliphatic rings. The number of aromatic nitrogens is 4. The predicted octanol–water partition coefficient (Wildman–Crippen LogP) is 4.74. The van der Waals surface area contributed by atoms with Crippen LogP contribution >= 0.6 is 56.9 Å². The molecule has 0 spiro atoms. The lowest BCUT2D eigenvalue weighted by atomic mass is 10.3. The van der Waals surface area contributed by atoms with Gasteiger partial charge in [0.25, 0.3) is 0 Å². The summed E-state index contributed by atoms with van der Waals surface area (Å²) in [5, 5.41) is 0.676. The number of benzene rings is 2. The fourth-order valence-electron chi connectivity index (χ4n) is 2.24. The molecule has 0 fully saturated rings. The van der Waals surface area contributed by atoms with E-state index in [4.69, 9.17) is 0 Å². The third kappa shape index (κ3) is 4.76. The largest absolute Gasteiger partial charge is 0.333 e. The molecule has 0 saturated carbocycles. The highest BCUT2D eigenvalue weighted by Crippen LogP contribution is 2.22. The van der Waals surface area contributed by atoms with Crippen molar-refractivity contribution in [1.29, 1.82) is 0 Å². The van der Waals surface area contributed by atoms with E-state index in [0.29, 0.717) is 18.2 Å². The quantitative estimate of drug-likeness (QED) is 0.242. The molecule has 2 N–H and O–H groups in total. The second-order valence-corrected chi connectivity index (χ2v) is 10.7. The minimum absolute atomic E-state index is 0.140. The van der Waals surface area contributed by atoms with Gasteiger partial charge in [0.1, 0.15) is 11.6 Å². The van der Waals surface area contributed by atoms with Crippen LogP contribution in [-0.2, 0) is 9.84 Å². The molecule has 148 valence electrons. The van der Waals surface area contributed by atoms with E-state index in [2.05, 4.69) is 19.9 Å². The third-order valence-corrected chi connectivity index (χ3v) is 6.68. The minimum Gasteiger partial charge on any atom is -0.333 e. The standard InChI is InChI=1S/C8H6FIN2O2S.C8H6FIN2S/c1-15(13,14)8-11-6-2-4(9)5(10)3-7(6)12-8;1-13-8-11-6-2-4(9)5(10)3-7(6)12-8/h2-3H,1H3,(H,11,12);2-3H,1H3,(H,11,12). The van der Waals surface area contributed by atoms with Gasteiger partial charge in [-0.25, -0.2) is 27.2 Å². The van der Waals surface area contributed by atoms with Crippen LogP contribution in [0, 0.1) is 18.8 Å². The van der Waals surface area contributed by atoms with E-state index < -0.39 is 15.7 Å². The molecule has 2 aromatic heterocycles. The van der Waals surface area contributed by atoms with E-state index >= 15 is 0 Å². The summed E-state index contributed by atoms with van der Waals surface area (Å²) in [6, 6.07) is 5.94. The number of aromatic amines is 2. The second kappa shape index (κ2) is 8.39. The normalized spacial score (nSPS) is 11.6. The van der Waals surface area contributed by atoms with Gasteiger partial charge in [0.15, 0.2) is 5.16 Å². The number of hydrogen-bond acceptors (Lipinski definition) is 5. The highest BCUT2D eigenvalue weighted by atomic mass is 127. The maximum absolute atomic E-state index is 13.1. The second-order valence-electron chi connectivity index (χ2n) is 5.63. The van der Waals surface area contributed by atoms with Crippen molar-refractivity contribution in [1.82, 2.24) is 19.9 Å². The molecule has 2 aromatic carbocycles. The van der Waals surface area contributed by atoms with Crippen molar-refractivity contribution in [3.05, 3.63) is 43.0 Å². The Hall–Kier alpha value is -1.000. The molecule has 0 radical (unpaired) electrons. The van der Waals surface area contributed by atoms with Crippen LogP contribution in [0.3, 0.4) is 0 Å². The predicted molar refractivity (Wildman–Crippen MR) is 122 cm³/mol. The number of fused-ring (bicyclic) bond motifs is 2. The van der Waals surface area contributed by atoms with Crippen LogP contribution in [0.15, 0.2) is 34.6 Å². The van der Waals surface area contributed by atoms with Crippen molar-refractivity contribution in [2.45, 2.75) is 10.3 Å². The number of halogens is 4. The SMILES string of the molecule is CS(=O)(=O)c1nc2cc(I)c(F)cc2[nH]1.CSc1nc2cc(I)c(F)cc2[nH]1. The first-order valence-corrected chi connectivity index (χ1v) is 12.8. The van der Waals surface area contributed by atoms with Gasteiger partial charge >= 0.3 is 0 Å². The van der Waals surface area contributed by atoms with E-state index in [9.17, 15) is 17.2 Å². The zero-order chi connectivity index (χ0) is 20.6. The van der Waals surface area contributed by atoms with Crippen molar-refractivity contribution in [2.24, 2.45) is 0 Å². The molecule has 2 heterocycles. The molecule has 28 heavy (non-hydrogen) atoms. The van der Waals surface area contributed by atoms with Crippen LogP contribution in [0.5, 0.6) is 0 Å². The third-order valence-electron chi connectivity index (χ3n) is 3.55. The monoisotopic (exact) mass is 648 g/mol. The number of nitrogens with zero attached hydrogens (tertiary/aromatic N) is 2. The van der Waals surface area contributed by atoms with Gasteiger partial charge in [-0.1, -0.05) is 11.8 Å². The van der Waals surface area contributed by atoms with Gasteiger partial charge in [-0.3, -0.25) is 0 Å². The van der Waals surface area contributed by atoms with Gasteiger partial charge in [-0.05, 0) is 63.6 Å². The number of sulfone groups is 1. The lowest BCUT2D eigenvalue weighted by Gasteiger charge is -1.92. The Morgan fingerprint density at radius 1 is 0.929 bits per heavy atom. The first-order valence-electron chi connectivity index (χ1n) is 7.52. The zero-order valence-electron chi connectivity index (χ0n) is 14.3. The molecule has 6 nitrogen and oxygen atoms in total. The highest BCUT2D eigenvalue weighted by molar-refractivity contribution is 14.1. The molecule has 0 saturated heterocycles. The summed E-state index contributed by atoms with van der Waals surface area (Å²) < 4.78 is 49.6. The van der Waals surface area contributed by atoms with Gasteiger partial charge in [0.2, 0.25) is 15.0 Å². The number of hydrogen-bond donors (Lipinski definition) is 2. The van der Waals surface area contributed by atoms with Crippen molar-refractivity contribution >= 4 is 88.8 Å². The lowest BCUT2D eigenvalue weighted by molar-refractivity contribution is 0.595. The van der Waals surface area contributed by atoms with E-state index in [-0.39, 0.29) is 11.0 Å². The minimum atomic E-state index is -3.38. The van der Waals surface area contributed by atoms with Crippen LogP contribution in [0.2, 0.25) is 0 Å². The molecule has 0 bridgehead atoms. The maximum Gasteiger partial charge on any atom is 0.225 e. The summed E-state index contributed by atoms with van der Waals surface area (Å²) >= 11 is 5.30. The summed E-state index contributed by atoms with van der Waals surface area (Å²) in [6.07, 6.45) is 2.98. The number of thioether (sulfide) groups is 1. The first-order chi connectivity index (χ1) is 13.1. The van der Waals surface area contributed by atoms with E-state index in [1.165, 1.54) is 30.0 Å². The fourth-order valence-corrected chi connectivity index (χ4v) is 4.10. The number of nitrogens with one attached hydrogen (secondary N) is 2. The van der Waals surface area contributed by atoms with Gasteiger partial charge in [0.05, 0.1) is 29.2 Å². The highest BCUT2D eigenvalue weighted by Gasteiger charge is 2.14. The fraction of sp³-hybridized carbons (Fsp3) is 0.125. The summed E-state index contributed by atoms with van der Waals surface area (Å²) in [7, 11) is -3.38. The van der Waals surface area contributed by atoms with Gasteiger partial charge in [0, 0.05) is 18.4 Å². The molecular weight excluding hydrogens is 636 g/mol. The maximum atomic E-state index is 13.1. The first kappa shape index (κ1) is 21.7. The average molecular weight is 648 g/mol. The Morgan fingerprint density at radius 2 is 1.43 bits per heavy atom. The molecule has 4 aromatic rings. The molecular formula is C16H12F2I2N4O2S2. The summed E-state index contributed by atoms with van der Waals surface area (Å²) in [6.45, 7) is 0. The number of H-pyrrole nitrogens is 2. The molecule has 0 amide bonds. The Kier molecular flexibility index (Phi) is 6.51. The van der Waals surface area contributed by atoms with E-state index in [1.807, 2.05) is 51.4 Å². The van der Waals surface area contributed by atoms with Crippen LogP contribution in [0.4, 0.5) is 8.78 Å². The van der Waals surface area contributed by atoms with E-state index in [1.54, 1.807) is 6.07 Å². The van der Waals surface area contributed by atoms with Crippen LogP contribution < -0.4 is 0 Å². The topological polar surface area (TPSA) is 91.5 Å². The molecule has 0 aliphatic heterocycles.